The standard InChI is InChI=1S/C18H26N4O3/c1-20-6-8-22(9-7-20)17(23)15-12-16(14-19-13-15)21-4-2-18(3-5-21)24-10-11-25-18/h12-14H,2-11H2,1H3. The molecule has 3 fully saturated rings. The zero-order valence-corrected chi connectivity index (χ0v) is 14.8. The number of carbonyl (C=O) groups excluding carboxylic acids is 1. The predicted octanol–water partition coefficient (Wildman–Crippen LogP) is 0.813. The Morgan fingerprint density at radius 2 is 1.72 bits per heavy atom. The van der Waals surface area contributed by atoms with Gasteiger partial charge in [0, 0.05) is 58.3 Å². The minimum Gasteiger partial charge on any atom is -0.370 e. The first-order chi connectivity index (χ1) is 12.2. The van der Waals surface area contributed by atoms with E-state index in [0.29, 0.717) is 18.8 Å². The highest BCUT2D eigenvalue weighted by Gasteiger charge is 2.39. The van der Waals surface area contributed by atoms with Gasteiger partial charge in [-0.15, -0.1) is 0 Å². The Kier molecular flexibility index (Phi) is 4.62. The van der Waals surface area contributed by atoms with Crippen LogP contribution in [0.2, 0.25) is 0 Å². The topological polar surface area (TPSA) is 58.1 Å². The van der Waals surface area contributed by atoms with E-state index in [0.717, 1.165) is 57.8 Å². The van der Waals surface area contributed by atoms with E-state index in [-0.39, 0.29) is 11.7 Å². The molecule has 3 aliphatic heterocycles. The molecule has 4 rings (SSSR count). The van der Waals surface area contributed by atoms with Crippen molar-refractivity contribution in [2.45, 2.75) is 18.6 Å². The lowest BCUT2D eigenvalue weighted by atomic mass is 10.0. The van der Waals surface area contributed by atoms with Crippen LogP contribution in [0, 0.1) is 0 Å². The van der Waals surface area contributed by atoms with Crippen molar-refractivity contribution in [3.8, 4) is 0 Å². The smallest absolute Gasteiger partial charge is 0.255 e. The molecule has 0 unspecified atom stereocenters. The molecular formula is C18H26N4O3. The van der Waals surface area contributed by atoms with Crippen LogP contribution >= 0.6 is 0 Å². The summed E-state index contributed by atoms with van der Waals surface area (Å²) < 4.78 is 11.6. The van der Waals surface area contributed by atoms with Gasteiger partial charge in [0.05, 0.1) is 30.7 Å². The molecule has 0 atom stereocenters. The summed E-state index contributed by atoms with van der Waals surface area (Å²) in [6.45, 7) is 6.50. The van der Waals surface area contributed by atoms with Crippen LogP contribution in [-0.2, 0) is 9.47 Å². The fourth-order valence-electron chi connectivity index (χ4n) is 3.80. The third-order valence-electron chi connectivity index (χ3n) is 5.47. The first-order valence-corrected chi connectivity index (χ1v) is 9.11. The molecule has 1 spiro atoms. The number of pyridine rings is 1. The van der Waals surface area contributed by atoms with Gasteiger partial charge in [0.15, 0.2) is 5.79 Å². The SMILES string of the molecule is CN1CCN(C(=O)c2cncc(N3CCC4(CC3)OCCO4)c2)CC1. The number of amides is 1. The number of likely N-dealkylation sites (N-methyl/N-ethyl adjacent to an activating group) is 1. The summed E-state index contributed by atoms with van der Waals surface area (Å²) in [7, 11) is 2.09. The molecule has 0 aromatic carbocycles. The quantitative estimate of drug-likeness (QED) is 0.790. The fraction of sp³-hybridized carbons (Fsp3) is 0.667. The Morgan fingerprint density at radius 1 is 1.04 bits per heavy atom. The van der Waals surface area contributed by atoms with E-state index in [2.05, 4.69) is 21.8 Å². The van der Waals surface area contributed by atoms with Gasteiger partial charge in [-0.3, -0.25) is 9.78 Å². The molecule has 1 aromatic heterocycles. The van der Waals surface area contributed by atoms with Gasteiger partial charge in [-0.2, -0.15) is 0 Å². The van der Waals surface area contributed by atoms with Crippen LogP contribution in [0.1, 0.15) is 23.2 Å². The molecular weight excluding hydrogens is 320 g/mol. The van der Waals surface area contributed by atoms with Crippen molar-refractivity contribution in [3.63, 3.8) is 0 Å². The van der Waals surface area contributed by atoms with Crippen molar-refractivity contribution >= 4 is 11.6 Å². The number of aromatic nitrogens is 1. The zero-order chi connectivity index (χ0) is 17.3. The van der Waals surface area contributed by atoms with Crippen molar-refractivity contribution in [3.05, 3.63) is 24.0 Å². The molecule has 1 aromatic rings. The van der Waals surface area contributed by atoms with Gasteiger partial charge in [0.1, 0.15) is 0 Å². The third kappa shape index (κ3) is 3.49. The molecule has 1 amide bonds. The van der Waals surface area contributed by atoms with E-state index >= 15 is 0 Å². The molecule has 25 heavy (non-hydrogen) atoms. The van der Waals surface area contributed by atoms with Crippen molar-refractivity contribution in [1.29, 1.82) is 0 Å². The summed E-state index contributed by atoms with van der Waals surface area (Å²) in [5.74, 6) is -0.296. The normalized spacial score (nSPS) is 24.0. The van der Waals surface area contributed by atoms with Crippen LogP contribution in [-0.4, -0.2) is 86.0 Å². The second kappa shape index (κ2) is 6.90. The number of piperazine rings is 1. The molecule has 0 aliphatic carbocycles. The number of rotatable bonds is 2. The summed E-state index contributed by atoms with van der Waals surface area (Å²) in [6.07, 6.45) is 5.22. The van der Waals surface area contributed by atoms with Crippen LogP contribution in [0.5, 0.6) is 0 Å². The summed E-state index contributed by atoms with van der Waals surface area (Å²) in [5, 5.41) is 0. The average molecular weight is 346 g/mol. The van der Waals surface area contributed by atoms with Crippen LogP contribution in [0.3, 0.4) is 0 Å². The lowest BCUT2D eigenvalue weighted by molar-refractivity contribution is -0.169. The molecule has 3 aliphatic rings. The highest BCUT2D eigenvalue weighted by Crippen LogP contribution is 2.33. The van der Waals surface area contributed by atoms with Crippen LogP contribution < -0.4 is 4.90 Å². The second-order valence-electron chi connectivity index (χ2n) is 7.12. The van der Waals surface area contributed by atoms with Crippen LogP contribution in [0.4, 0.5) is 5.69 Å². The van der Waals surface area contributed by atoms with Crippen molar-refractivity contribution in [1.82, 2.24) is 14.8 Å². The van der Waals surface area contributed by atoms with Gasteiger partial charge < -0.3 is 24.2 Å². The van der Waals surface area contributed by atoms with E-state index < -0.39 is 0 Å². The largest absolute Gasteiger partial charge is 0.370 e. The van der Waals surface area contributed by atoms with Gasteiger partial charge >= 0.3 is 0 Å². The number of nitrogens with zero attached hydrogens (tertiary/aromatic N) is 4. The van der Waals surface area contributed by atoms with Crippen molar-refractivity contribution in [2.75, 3.05) is 64.4 Å². The Morgan fingerprint density at radius 3 is 2.40 bits per heavy atom. The number of piperidine rings is 1. The van der Waals surface area contributed by atoms with Crippen molar-refractivity contribution < 1.29 is 14.3 Å². The van der Waals surface area contributed by atoms with Crippen LogP contribution in [0.15, 0.2) is 18.5 Å². The Hall–Kier alpha value is -1.70. The molecule has 136 valence electrons. The Balaban J connectivity index is 1.42. The molecule has 0 saturated carbocycles. The van der Waals surface area contributed by atoms with Crippen molar-refractivity contribution in [2.24, 2.45) is 0 Å². The lowest BCUT2D eigenvalue weighted by Crippen LogP contribution is -2.47. The van der Waals surface area contributed by atoms with Gasteiger partial charge in [0.2, 0.25) is 0 Å². The molecule has 4 heterocycles. The number of ether oxygens (including phenoxy) is 2. The number of hydrogen-bond donors (Lipinski definition) is 0. The minimum atomic E-state index is -0.378. The number of anilines is 1. The lowest BCUT2D eigenvalue weighted by Gasteiger charge is -2.38. The Bertz CT molecular complexity index is 615. The summed E-state index contributed by atoms with van der Waals surface area (Å²) in [6, 6.07) is 1.97. The predicted molar refractivity (Wildman–Crippen MR) is 93.7 cm³/mol. The average Bonchev–Trinajstić information content (AvgIpc) is 3.10. The van der Waals surface area contributed by atoms with Crippen LogP contribution in [0.25, 0.3) is 0 Å². The molecule has 7 nitrogen and oxygen atoms in total. The van der Waals surface area contributed by atoms with Gasteiger partial charge in [-0.1, -0.05) is 0 Å². The van der Waals surface area contributed by atoms with E-state index in [1.807, 2.05) is 17.2 Å². The maximum absolute atomic E-state index is 12.8. The molecule has 7 heteroatoms. The second-order valence-corrected chi connectivity index (χ2v) is 7.12. The molecule has 0 N–H and O–H groups in total. The van der Waals surface area contributed by atoms with E-state index in [4.69, 9.17) is 9.47 Å². The van der Waals surface area contributed by atoms with E-state index in [1.54, 1.807) is 6.20 Å². The van der Waals surface area contributed by atoms with E-state index in [1.165, 1.54) is 0 Å². The fourth-order valence-corrected chi connectivity index (χ4v) is 3.80. The molecule has 3 saturated heterocycles. The zero-order valence-electron chi connectivity index (χ0n) is 14.8. The van der Waals surface area contributed by atoms with Gasteiger partial charge in [-0.25, -0.2) is 0 Å². The summed E-state index contributed by atoms with van der Waals surface area (Å²) >= 11 is 0. The monoisotopic (exact) mass is 346 g/mol. The highest BCUT2D eigenvalue weighted by molar-refractivity contribution is 5.94. The highest BCUT2D eigenvalue weighted by atomic mass is 16.7. The third-order valence-corrected chi connectivity index (χ3v) is 5.47. The molecule has 0 bridgehead atoms. The number of carbonyl (C=O) groups is 1. The van der Waals surface area contributed by atoms with E-state index in [9.17, 15) is 4.79 Å². The Labute approximate surface area is 148 Å². The first-order valence-electron chi connectivity index (χ1n) is 9.11. The van der Waals surface area contributed by atoms with Gasteiger partial charge in [-0.05, 0) is 13.1 Å². The number of hydrogen-bond acceptors (Lipinski definition) is 6. The van der Waals surface area contributed by atoms with Gasteiger partial charge in [0.25, 0.3) is 5.91 Å². The summed E-state index contributed by atoms with van der Waals surface area (Å²) in [5.41, 5.74) is 1.68. The first kappa shape index (κ1) is 16.8. The molecule has 0 radical (unpaired) electrons. The maximum atomic E-state index is 12.8. The maximum Gasteiger partial charge on any atom is 0.255 e. The minimum absolute atomic E-state index is 0.0818. The summed E-state index contributed by atoms with van der Waals surface area (Å²) in [4.78, 5) is 23.5.